The van der Waals surface area contributed by atoms with Gasteiger partial charge in [0, 0.05) is 12.0 Å². The van der Waals surface area contributed by atoms with Gasteiger partial charge in [-0.3, -0.25) is 0 Å². The van der Waals surface area contributed by atoms with Crippen LogP contribution in [-0.4, -0.2) is 24.4 Å². The second kappa shape index (κ2) is 6.08. The van der Waals surface area contributed by atoms with Crippen LogP contribution in [0.5, 0.6) is 0 Å². The number of benzene rings is 1. The average Bonchev–Trinajstić information content (AvgIpc) is 2.80. The molecule has 0 saturated carbocycles. The number of amides is 1. The van der Waals surface area contributed by atoms with Gasteiger partial charge < -0.3 is 14.8 Å². The van der Waals surface area contributed by atoms with E-state index in [1.54, 1.807) is 45.0 Å². The second-order valence-corrected chi connectivity index (χ2v) is 6.36. The maximum Gasteiger partial charge on any atom is 0.408 e. The van der Waals surface area contributed by atoms with Crippen LogP contribution in [0.25, 0.3) is 0 Å². The van der Waals surface area contributed by atoms with Crippen LogP contribution < -0.4 is 5.32 Å². The van der Waals surface area contributed by atoms with E-state index in [0.717, 1.165) is 0 Å². The largest absolute Gasteiger partial charge is 0.444 e. The number of carbonyl (C=O) groups is 1. The molecular formula is C17H22FNO3. The molecule has 1 amide bonds. The molecule has 0 aliphatic carbocycles. The Morgan fingerprint density at radius 1 is 1.50 bits per heavy atom. The predicted molar refractivity (Wildman–Crippen MR) is 82.0 cm³/mol. The highest BCUT2D eigenvalue weighted by atomic mass is 19.1. The maximum absolute atomic E-state index is 14.3. The molecule has 1 aromatic carbocycles. The predicted octanol–water partition coefficient (Wildman–Crippen LogP) is 3.52. The Labute approximate surface area is 130 Å². The first-order valence-electron chi connectivity index (χ1n) is 7.29. The molecule has 1 aliphatic rings. The van der Waals surface area contributed by atoms with Crippen molar-refractivity contribution in [1.82, 2.24) is 5.32 Å². The lowest BCUT2D eigenvalue weighted by molar-refractivity contribution is 0.0377. The van der Waals surface area contributed by atoms with Crippen molar-refractivity contribution in [3.05, 3.63) is 48.3 Å². The van der Waals surface area contributed by atoms with Crippen molar-refractivity contribution < 1.29 is 18.7 Å². The molecule has 1 aromatic rings. The summed E-state index contributed by atoms with van der Waals surface area (Å²) in [6.07, 6.45) is 0.908. The quantitative estimate of drug-likeness (QED) is 0.869. The summed E-state index contributed by atoms with van der Waals surface area (Å²) in [4.78, 5) is 12.2. The third-order valence-corrected chi connectivity index (χ3v) is 3.57. The van der Waals surface area contributed by atoms with E-state index < -0.39 is 29.2 Å². The molecule has 1 heterocycles. The Bertz CT molecular complexity index is 567. The summed E-state index contributed by atoms with van der Waals surface area (Å²) in [6, 6.07) is 6.36. The summed E-state index contributed by atoms with van der Waals surface area (Å²) >= 11 is 0. The number of ether oxygens (including phenoxy) is 2. The van der Waals surface area contributed by atoms with E-state index in [0.29, 0.717) is 18.6 Å². The van der Waals surface area contributed by atoms with Gasteiger partial charge in [-0.2, -0.15) is 0 Å². The third kappa shape index (κ3) is 3.30. The summed E-state index contributed by atoms with van der Waals surface area (Å²) in [7, 11) is 0. The van der Waals surface area contributed by atoms with Crippen molar-refractivity contribution in [2.75, 3.05) is 6.61 Å². The zero-order valence-electron chi connectivity index (χ0n) is 13.2. The number of alkyl carbamates (subject to hydrolysis) is 1. The molecule has 22 heavy (non-hydrogen) atoms. The van der Waals surface area contributed by atoms with E-state index in [2.05, 4.69) is 11.9 Å². The molecule has 0 unspecified atom stereocenters. The molecule has 120 valence electrons. The molecular weight excluding hydrogens is 285 g/mol. The Hall–Kier alpha value is -1.88. The van der Waals surface area contributed by atoms with Crippen LogP contribution in [0.15, 0.2) is 36.9 Å². The van der Waals surface area contributed by atoms with E-state index in [4.69, 9.17) is 9.47 Å². The highest BCUT2D eigenvalue weighted by Gasteiger charge is 2.47. The highest BCUT2D eigenvalue weighted by molar-refractivity contribution is 5.69. The van der Waals surface area contributed by atoms with Crippen LogP contribution in [0.2, 0.25) is 0 Å². The SMILES string of the molecule is C=C[C@@H]1OCC[C@@]1(NC(=O)OC(C)(C)C)c1ccccc1F. The van der Waals surface area contributed by atoms with E-state index in [9.17, 15) is 9.18 Å². The Balaban J connectivity index is 2.38. The zero-order chi connectivity index (χ0) is 16.4. The van der Waals surface area contributed by atoms with Gasteiger partial charge in [-0.15, -0.1) is 6.58 Å². The first-order chi connectivity index (χ1) is 10.3. The topological polar surface area (TPSA) is 47.6 Å². The summed E-state index contributed by atoms with van der Waals surface area (Å²) in [5, 5.41) is 2.81. The smallest absolute Gasteiger partial charge is 0.408 e. The Morgan fingerprint density at radius 3 is 2.77 bits per heavy atom. The van der Waals surface area contributed by atoms with Gasteiger partial charge in [0.2, 0.25) is 0 Å². The summed E-state index contributed by atoms with van der Waals surface area (Å²) in [5.41, 5.74) is -1.26. The number of carbonyl (C=O) groups excluding carboxylic acids is 1. The van der Waals surface area contributed by atoms with Gasteiger partial charge in [0.25, 0.3) is 0 Å². The van der Waals surface area contributed by atoms with E-state index >= 15 is 0 Å². The lowest BCUT2D eigenvalue weighted by Crippen LogP contribution is -2.52. The minimum Gasteiger partial charge on any atom is -0.444 e. The minimum absolute atomic E-state index is 0.378. The molecule has 1 aliphatic heterocycles. The molecule has 4 nitrogen and oxygen atoms in total. The average molecular weight is 307 g/mol. The van der Waals surface area contributed by atoms with Crippen molar-refractivity contribution in [3.8, 4) is 0 Å². The maximum atomic E-state index is 14.3. The summed E-state index contributed by atoms with van der Waals surface area (Å²) in [6.45, 7) is 9.47. The first kappa shape index (κ1) is 16.5. The fourth-order valence-corrected chi connectivity index (χ4v) is 2.70. The Morgan fingerprint density at radius 2 is 2.18 bits per heavy atom. The van der Waals surface area contributed by atoms with Crippen molar-refractivity contribution >= 4 is 6.09 Å². The molecule has 0 aromatic heterocycles. The fraction of sp³-hybridized carbons (Fsp3) is 0.471. The van der Waals surface area contributed by atoms with Gasteiger partial charge in [0.05, 0.1) is 6.61 Å². The Kier molecular flexibility index (Phi) is 4.56. The molecule has 2 rings (SSSR count). The van der Waals surface area contributed by atoms with Crippen molar-refractivity contribution in [3.63, 3.8) is 0 Å². The van der Waals surface area contributed by atoms with Crippen LogP contribution in [0, 0.1) is 5.82 Å². The monoisotopic (exact) mass is 307 g/mol. The first-order valence-corrected chi connectivity index (χ1v) is 7.29. The van der Waals surface area contributed by atoms with Gasteiger partial charge in [-0.1, -0.05) is 24.3 Å². The molecule has 1 fully saturated rings. The molecule has 2 atom stereocenters. The molecule has 0 radical (unpaired) electrons. The van der Waals surface area contributed by atoms with Crippen LogP contribution in [0.1, 0.15) is 32.8 Å². The number of rotatable bonds is 3. The van der Waals surface area contributed by atoms with Crippen molar-refractivity contribution in [1.29, 1.82) is 0 Å². The molecule has 0 bridgehead atoms. The number of halogens is 1. The zero-order valence-corrected chi connectivity index (χ0v) is 13.2. The van der Waals surface area contributed by atoms with Crippen LogP contribution >= 0.6 is 0 Å². The van der Waals surface area contributed by atoms with Crippen LogP contribution in [0.3, 0.4) is 0 Å². The van der Waals surface area contributed by atoms with Crippen LogP contribution in [0.4, 0.5) is 9.18 Å². The van der Waals surface area contributed by atoms with E-state index in [-0.39, 0.29) is 0 Å². The molecule has 1 saturated heterocycles. The molecule has 5 heteroatoms. The fourth-order valence-electron chi connectivity index (χ4n) is 2.70. The second-order valence-electron chi connectivity index (χ2n) is 6.36. The highest BCUT2D eigenvalue weighted by Crippen LogP contribution is 2.38. The van der Waals surface area contributed by atoms with Gasteiger partial charge in [-0.05, 0) is 26.8 Å². The van der Waals surface area contributed by atoms with Gasteiger partial charge in [0.1, 0.15) is 23.1 Å². The third-order valence-electron chi connectivity index (χ3n) is 3.57. The van der Waals surface area contributed by atoms with E-state index in [1.165, 1.54) is 6.07 Å². The standard InChI is InChI=1S/C17H22FNO3/c1-5-14-17(10-11-21-14,12-8-6-7-9-13(12)18)19-15(20)22-16(2,3)4/h5-9,14H,1,10-11H2,2-4H3,(H,19,20)/t14-,17+/m0/s1. The van der Waals surface area contributed by atoms with Gasteiger partial charge in [-0.25, -0.2) is 9.18 Å². The molecule has 0 spiro atoms. The summed E-state index contributed by atoms with van der Waals surface area (Å²) < 4.78 is 25.2. The molecule has 1 N–H and O–H groups in total. The van der Waals surface area contributed by atoms with Crippen molar-refractivity contribution in [2.24, 2.45) is 0 Å². The minimum atomic E-state index is -1.00. The lowest BCUT2D eigenvalue weighted by atomic mass is 9.83. The number of hydrogen-bond acceptors (Lipinski definition) is 3. The van der Waals surface area contributed by atoms with Crippen LogP contribution in [-0.2, 0) is 15.0 Å². The number of hydrogen-bond donors (Lipinski definition) is 1. The van der Waals surface area contributed by atoms with Gasteiger partial charge in [0.15, 0.2) is 0 Å². The van der Waals surface area contributed by atoms with E-state index in [1.807, 2.05) is 0 Å². The normalized spacial score (nSPS) is 24.8. The number of nitrogens with one attached hydrogen (secondary N) is 1. The lowest BCUT2D eigenvalue weighted by Gasteiger charge is -2.35. The summed E-state index contributed by atoms with van der Waals surface area (Å²) in [5.74, 6) is -0.393. The van der Waals surface area contributed by atoms with Crippen molar-refractivity contribution in [2.45, 2.75) is 44.4 Å². The van der Waals surface area contributed by atoms with Gasteiger partial charge >= 0.3 is 6.09 Å².